The molecular weight excluding hydrogens is 258 g/mol. The van der Waals surface area contributed by atoms with Crippen molar-refractivity contribution in [3.05, 3.63) is 22.2 Å². The number of carbonyl (C=O) groups is 1. The van der Waals surface area contributed by atoms with Crippen molar-refractivity contribution in [2.75, 3.05) is 12.4 Å². The van der Waals surface area contributed by atoms with Crippen LogP contribution in [0.15, 0.2) is 16.6 Å². The van der Waals surface area contributed by atoms with Crippen LogP contribution in [-0.4, -0.2) is 13.0 Å². The first-order valence-electron chi connectivity index (χ1n) is 4.87. The zero-order valence-corrected chi connectivity index (χ0v) is 10.1. The molecule has 1 aliphatic rings. The summed E-state index contributed by atoms with van der Waals surface area (Å²) >= 11 is 3.44. The second kappa shape index (κ2) is 4.23. The van der Waals surface area contributed by atoms with Crippen molar-refractivity contribution < 1.29 is 9.53 Å². The van der Waals surface area contributed by atoms with Crippen molar-refractivity contribution in [2.24, 2.45) is 0 Å². The number of hydrogen-bond acceptors (Lipinski definition) is 2. The Balaban J connectivity index is 2.44. The van der Waals surface area contributed by atoms with E-state index >= 15 is 0 Å². The third-order valence-electron chi connectivity index (χ3n) is 2.50. The van der Waals surface area contributed by atoms with Crippen LogP contribution in [0.5, 0.6) is 5.75 Å². The molecule has 0 aromatic heterocycles. The maximum atomic E-state index is 11.4. The Bertz CT molecular complexity index is 404. The number of fused-ring (bicyclic) bond motifs is 1. The molecule has 80 valence electrons. The van der Waals surface area contributed by atoms with Gasteiger partial charge in [0.25, 0.3) is 0 Å². The van der Waals surface area contributed by atoms with E-state index in [1.165, 1.54) is 0 Å². The molecule has 0 fully saturated rings. The fourth-order valence-electron chi connectivity index (χ4n) is 1.73. The summed E-state index contributed by atoms with van der Waals surface area (Å²) < 4.78 is 6.12. The number of amides is 1. The van der Waals surface area contributed by atoms with Gasteiger partial charge >= 0.3 is 0 Å². The highest BCUT2D eigenvalue weighted by Crippen LogP contribution is 2.33. The van der Waals surface area contributed by atoms with Crippen LogP contribution >= 0.6 is 15.9 Å². The smallest absolute Gasteiger partial charge is 0.224 e. The third-order valence-corrected chi connectivity index (χ3v) is 3.12. The number of halogens is 1. The second-order valence-electron chi connectivity index (χ2n) is 3.55. The number of rotatable bonds is 1. The number of anilines is 1. The van der Waals surface area contributed by atoms with Gasteiger partial charge in [-0.25, -0.2) is 0 Å². The van der Waals surface area contributed by atoms with Crippen molar-refractivity contribution in [3.63, 3.8) is 0 Å². The van der Waals surface area contributed by atoms with E-state index in [4.69, 9.17) is 4.74 Å². The lowest BCUT2D eigenvalue weighted by molar-refractivity contribution is -0.116. The van der Waals surface area contributed by atoms with Crippen molar-refractivity contribution in [3.8, 4) is 5.75 Å². The number of benzene rings is 1. The lowest BCUT2D eigenvalue weighted by atomic mass is 10.1. The summed E-state index contributed by atoms with van der Waals surface area (Å²) in [5.41, 5.74) is 2.03. The van der Waals surface area contributed by atoms with Gasteiger partial charge in [-0.3, -0.25) is 4.79 Å². The molecule has 1 aliphatic heterocycles. The van der Waals surface area contributed by atoms with Crippen LogP contribution in [-0.2, 0) is 11.2 Å². The van der Waals surface area contributed by atoms with E-state index in [2.05, 4.69) is 21.2 Å². The first kappa shape index (κ1) is 10.5. The molecule has 1 amide bonds. The molecule has 0 bridgehead atoms. The fraction of sp³-hybridized carbons (Fsp3) is 0.364. The van der Waals surface area contributed by atoms with Gasteiger partial charge in [0.1, 0.15) is 5.75 Å². The average molecular weight is 270 g/mol. The van der Waals surface area contributed by atoms with Gasteiger partial charge in [0, 0.05) is 18.2 Å². The van der Waals surface area contributed by atoms with Gasteiger partial charge in [-0.05, 0) is 40.4 Å². The molecule has 3 nitrogen and oxygen atoms in total. The standard InChI is InChI=1S/C11H12BrNO2/c1-15-10-6-9-7(5-8(10)12)3-2-4-11(14)13-9/h5-6H,2-4H2,1H3,(H,13,14). The molecule has 15 heavy (non-hydrogen) atoms. The summed E-state index contributed by atoms with van der Waals surface area (Å²) in [6, 6.07) is 3.88. The predicted octanol–water partition coefficient (Wildman–Crippen LogP) is 2.73. The zero-order valence-electron chi connectivity index (χ0n) is 8.47. The van der Waals surface area contributed by atoms with Gasteiger partial charge in [0.2, 0.25) is 5.91 Å². The number of nitrogens with one attached hydrogen (secondary N) is 1. The van der Waals surface area contributed by atoms with Crippen molar-refractivity contribution in [2.45, 2.75) is 19.3 Å². The normalized spacial score (nSPS) is 15.2. The van der Waals surface area contributed by atoms with Gasteiger partial charge in [0.05, 0.1) is 11.6 Å². The topological polar surface area (TPSA) is 38.3 Å². The average Bonchev–Trinajstić information content (AvgIpc) is 2.37. The summed E-state index contributed by atoms with van der Waals surface area (Å²) in [4.78, 5) is 11.4. The van der Waals surface area contributed by atoms with Crippen LogP contribution in [0.25, 0.3) is 0 Å². The maximum absolute atomic E-state index is 11.4. The predicted molar refractivity (Wildman–Crippen MR) is 62.3 cm³/mol. The minimum Gasteiger partial charge on any atom is -0.495 e. The molecule has 0 unspecified atom stereocenters. The molecule has 1 heterocycles. The molecule has 0 aliphatic carbocycles. The Morgan fingerprint density at radius 2 is 2.20 bits per heavy atom. The zero-order chi connectivity index (χ0) is 10.8. The van der Waals surface area contributed by atoms with E-state index in [1.54, 1.807) is 7.11 Å². The van der Waals surface area contributed by atoms with Crippen molar-refractivity contribution in [1.29, 1.82) is 0 Å². The summed E-state index contributed by atoms with van der Waals surface area (Å²) in [5.74, 6) is 0.828. The van der Waals surface area contributed by atoms with Gasteiger partial charge in [-0.1, -0.05) is 0 Å². The highest BCUT2D eigenvalue weighted by molar-refractivity contribution is 9.10. The second-order valence-corrected chi connectivity index (χ2v) is 4.40. The van der Waals surface area contributed by atoms with E-state index in [0.717, 1.165) is 34.3 Å². The molecule has 4 heteroatoms. The lowest BCUT2D eigenvalue weighted by Crippen LogP contribution is -2.09. The Labute approximate surface area is 96.9 Å². The molecule has 0 saturated carbocycles. The molecule has 1 aromatic rings. The Morgan fingerprint density at radius 3 is 2.93 bits per heavy atom. The van der Waals surface area contributed by atoms with Crippen LogP contribution in [0.1, 0.15) is 18.4 Å². The Kier molecular flexibility index (Phi) is 2.95. The van der Waals surface area contributed by atoms with E-state index in [1.807, 2.05) is 12.1 Å². The number of ether oxygens (including phenoxy) is 1. The van der Waals surface area contributed by atoms with Gasteiger partial charge in [-0.15, -0.1) is 0 Å². The first-order valence-corrected chi connectivity index (χ1v) is 5.66. The molecular formula is C11H12BrNO2. The Hall–Kier alpha value is -1.03. The van der Waals surface area contributed by atoms with Crippen molar-refractivity contribution >= 4 is 27.5 Å². The van der Waals surface area contributed by atoms with Crippen molar-refractivity contribution in [1.82, 2.24) is 0 Å². The number of hydrogen-bond donors (Lipinski definition) is 1. The van der Waals surface area contributed by atoms with Crippen LogP contribution in [0, 0.1) is 0 Å². The highest BCUT2D eigenvalue weighted by atomic mass is 79.9. The first-order chi connectivity index (χ1) is 7.20. The van der Waals surface area contributed by atoms with E-state index < -0.39 is 0 Å². The minimum atomic E-state index is 0.0816. The lowest BCUT2D eigenvalue weighted by Gasteiger charge is -2.10. The number of aryl methyl sites for hydroxylation is 1. The Morgan fingerprint density at radius 1 is 1.40 bits per heavy atom. The molecule has 0 atom stereocenters. The summed E-state index contributed by atoms with van der Waals surface area (Å²) in [5, 5.41) is 2.88. The number of carbonyl (C=O) groups excluding carboxylic acids is 1. The third kappa shape index (κ3) is 2.15. The molecule has 0 saturated heterocycles. The van der Waals surface area contributed by atoms with Gasteiger partial charge in [-0.2, -0.15) is 0 Å². The fourth-order valence-corrected chi connectivity index (χ4v) is 2.28. The number of methoxy groups -OCH3 is 1. The van der Waals surface area contributed by atoms with Gasteiger partial charge < -0.3 is 10.1 Å². The highest BCUT2D eigenvalue weighted by Gasteiger charge is 2.15. The summed E-state index contributed by atoms with van der Waals surface area (Å²) in [6.45, 7) is 0. The van der Waals surface area contributed by atoms with Crippen LogP contribution in [0.3, 0.4) is 0 Å². The summed E-state index contributed by atoms with van der Waals surface area (Å²) in [7, 11) is 1.62. The molecule has 0 radical (unpaired) electrons. The van der Waals surface area contributed by atoms with E-state index in [9.17, 15) is 4.79 Å². The molecule has 2 rings (SSSR count). The molecule has 1 aromatic carbocycles. The van der Waals surface area contributed by atoms with Crippen LogP contribution < -0.4 is 10.1 Å². The monoisotopic (exact) mass is 269 g/mol. The van der Waals surface area contributed by atoms with E-state index in [0.29, 0.717) is 6.42 Å². The molecule has 0 spiro atoms. The van der Waals surface area contributed by atoms with Gasteiger partial charge in [0.15, 0.2) is 0 Å². The summed E-state index contributed by atoms with van der Waals surface area (Å²) in [6.07, 6.45) is 2.42. The maximum Gasteiger partial charge on any atom is 0.224 e. The van der Waals surface area contributed by atoms with Crippen LogP contribution in [0.2, 0.25) is 0 Å². The SMILES string of the molecule is COc1cc2c(cc1Br)CCCC(=O)N2. The quantitative estimate of drug-likeness (QED) is 0.852. The van der Waals surface area contributed by atoms with E-state index in [-0.39, 0.29) is 5.91 Å². The minimum absolute atomic E-state index is 0.0816. The molecule has 1 N–H and O–H groups in total. The van der Waals surface area contributed by atoms with Crippen LogP contribution in [0.4, 0.5) is 5.69 Å². The largest absolute Gasteiger partial charge is 0.495 e.